The molecule has 0 amide bonds. The molecule has 6 aromatic rings. The highest BCUT2D eigenvalue weighted by Gasteiger charge is 2.47. The maximum absolute atomic E-state index is 14.1. The number of methoxy groups -OCH3 is 12. The number of piperidine rings is 6. The molecule has 0 N–H and O–H groups in total. The summed E-state index contributed by atoms with van der Waals surface area (Å²) in [6.45, 7) is -7.24. The largest absolute Gasteiger partial charge is 0.493 e. The average Bonchev–Trinajstić information content (AvgIpc) is 0.633. The summed E-state index contributed by atoms with van der Waals surface area (Å²) in [7, 11) is -10.7. The van der Waals surface area contributed by atoms with E-state index in [1.807, 2.05) is 27.7 Å². The molecule has 0 aliphatic carbocycles. The van der Waals surface area contributed by atoms with Crippen molar-refractivity contribution in [3.05, 3.63) is 139 Å². The Morgan fingerprint density at radius 2 is 0.667 bits per heavy atom. The topological polar surface area (TPSA) is 233 Å². The van der Waals surface area contributed by atoms with Crippen molar-refractivity contribution < 1.29 is 182 Å². The van der Waals surface area contributed by atoms with Gasteiger partial charge in [0.05, 0.1) is 125 Å². The van der Waals surface area contributed by atoms with Crippen LogP contribution in [0.2, 0.25) is 0 Å². The summed E-state index contributed by atoms with van der Waals surface area (Å²) in [5.41, 5.74) is 0.559. The Morgan fingerprint density at radius 1 is 0.340 bits per heavy atom. The van der Waals surface area contributed by atoms with Crippen LogP contribution in [0, 0.1) is 70.9 Å². The van der Waals surface area contributed by atoms with Crippen LogP contribution >= 0.6 is 0 Å². The first-order valence-corrected chi connectivity index (χ1v) is 45.9. The van der Waals surface area contributed by atoms with Crippen molar-refractivity contribution in [2.45, 2.75) is 253 Å². The number of benzene rings is 6. The maximum atomic E-state index is 14.1. The van der Waals surface area contributed by atoms with Crippen molar-refractivity contribution in [1.29, 1.82) is 0 Å². The van der Waals surface area contributed by atoms with Crippen LogP contribution in [-0.4, -0.2) is 227 Å². The number of carbonyl (C=O) groups excluding carboxylic acids is 6. The Hall–Kier alpha value is -9.30. The molecule has 0 bridgehead atoms. The quantitative estimate of drug-likeness (QED) is 0.0466. The number of fused-ring (bicyclic) bond motifs is 18. The molecule has 0 aromatic heterocycles. The summed E-state index contributed by atoms with van der Waals surface area (Å²) >= 11 is 0. The highest BCUT2D eigenvalue weighted by Crippen LogP contribution is 2.51. The lowest BCUT2D eigenvalue weighted by Gasteiger charge is -2.43. The molecule has 12 heterocycles. The summed E-state index contributed by atoms with van der Waals surface area (Å²) in [5, 5.41) is 0. The first kappa shape index (κ1) is 49.3. The van der Waals surface area contributed by atoms with E-state index in [2.05, 4.69) is 18.7 Å². The Labute approximate surface area is 940 Å². The fourth-order valence-corrected chi connectivity index (χ4v) is 18.8. The van der Waals surface area contributed by atoms with Crippen LogP contribution in [0.15, 0.2) is 72.6 Å². The van der Waals surface area contributed by atoms with Gasteiger partial charge >= 0.3 is 0 Å². The molecule has 6 saturated heterocycles. The Bertz CT molecular complexity index is 8690. The molecule has 24 heteroatoms. The van der Waals surface area contributed by atoms with E-state index < -0.39 is 328 Å². The second-order valence-electron chi connectivity index (χ2n) is 35.9. The number of rotatable bonds is 27. The molecular weight excluding hydrogens is 1780 g/mol. The average molecular weight is 2020 g/mol. The lowest BCUT2D eigenvalue weighted by atomic mass is 9.79. The second kappa shape index (κ2) is 50.0. The number of aryl methyl sites for hydroxylation is 1. The predicted molar refractivity (Wildman–Crippen MR) is 555 cm³/mol. The molecule has 6 fully saturated rings. The van der Waals surface area contributed by atoms with E-state index in [1.165, 1.54) is 28.4 Å². The number of nitrogens with zero attached hydrogens (tertiary/aromatic N) is 6. The van der Waals surface area contributed by atoms with Crippen LogP contribution in [0.4, 0.5) is 0 Å². The van der Waals surface area contributed by atoms with Crippen molar-refractivity contribution in [3.63, 3.8) is 0 Å². The van der Waals surface area contributed by atoms with Crippen LogP contribution < -0.4 is 56.8 Å². The highest BCUT2D eigenvalue weighted by atomic mass is 16.5. The number of hydrogen-bond donors (Lipinski definition) is 0. The van der Waals surface area contributed by atoms with Crippen LogP contribution in [0.25, 0.3) is 0 Å². The summed E-state index contributed by atoms with van der Waals surface area (Å²) in [6.07, 6.45) is -31.9. The molecule has 0 spiro atoms. The minimum Gasteiger partial charge on any atom is -0.493 e. The van der Waals surface area contributed by atoms with Gasteiger partial charge in [0.1, 0.15) is 34.7 Å². The lowest BCUT2D eigenvalue weighted by molar-refractivity contribution is -0.130. The number of ether oxygens (including phenoxy) is 12. The number of ketones is 6. The Morgan fingerprint density at radius 3 is 1.07 bits per heavy atom. The van der Waals surface area contributed by atoms with Crippen molar-refractivity contribution >= 4 is 34.7 Å². The van der Waals surface area contributed by atoms with Gasteiger partial charge in [-0.05, 0) is 252 Å². The van der Waals surface area contributed by atoms with Gasteiger partial charge in [0.25, 0.3) is 0 Å². The van der Waals surface area contributed by atoms with E-state index in [0.29, 0.717) is 105 Å². The standard InChI is InChI=1S/3C20H29NO3.3C19H27NO3/c3*1-5-13(2)8-15-12-21-7-6-14-9-19(23-3)20(24-4)10-16(14)17(21)11-18(15)22;3*1-12(2)7-14-11-20-6-5-13-8-18(22-3)19(23-4)9-15(13)16(20)10-17(14)21/h3*9-10,13,15,17H,5-8,11-12H2,1-4H3;3*8-9,12,14,16H,5-7,10-11H2,1-4H3/i2D3,4D3,5D2,6D2,7D2,8D2,11D2,12D2,13D,15D,17D;2D3,4D3,5D2,8D2,9D,10D,11D2,13D,15D;2D3,4D3,5D2,8D2,9D,10D,13D;4D3,8D,9D,10D2,14D;4D3,8D,9D,11D2;4D3,8D,9D. The lowest BCUT2D eigenvalue weighted by Crippen LogP contribution is -2.46. The number of hydrogen-bond acceptors (Lipinski definition) is 24. The first-order chi connectivity index (χ1) is 94.8. The van der Waals surface area contributed by atoms with Gasteiger partial charge in [-0.25, -0.2) is 0 Å². The molecule has 18 rings (SSSR count). The van der Waals surface area contributed by atoms with Crippen molar-refractivity contribution in [2.24, 2.45) is 70.9 Å². The molecule has 0 saturated carbocycles. The fourth-order valence-electron chi connectivity index (χ4n) is 18.8. The zero-order chi connectivity index (χ0) is 162. The summed E-state index contributed by atoms with van der Waals surface area (Å²) in [4.78, 5) is 87.5. The van der Waals surface area contributed by atoms with E-state index in [9.17, 15) is 30.1 Å². The van der Waals surface area contributed by atoms with Crippen molar-refractivity contribution in [1.82, 2.24) is 29.4 Å². The SMILES string of the molecule is [2H]C([2H])([2H])Oc1cc2c(cc1OC)C([2H])([2H])C([2H])([2H])N1C([2H])([2H])C([2H])(C([2H])([2H])C([2H])(C([2H])([2H])[2H])C([2H])([2H])C)C(=O)C([2H])([2H])C21[2H].[2H]c1c2c(c([2H])c(OC([2H])([2H])[2H])c1OC)C1CC(=O)C(C([2H])([2H])C([2H])(C([2H])([2H])[2H])C([2H])([2H])C)CN1CC2.[2H]c1c2c(c([2H])c(OC([2H])([2H])[2H])c1OC)C1CC(=O)C(CC(C)C)C([2H])([2H])N1CC2.[2H]c1c2c(c([2H])c(OC([2H])([2H])[2H])c1OC)C1CC(=O)C(CC(C)C)CN1CC2.[2H]c1c2c(c([2H])c(OC([2H])([2H])[2H])c1OC)C1N(CC2)CC([2H])(C([2H])([2H])C([2H])(C([2H])([2H])[2H])C([2H])([2H])C)C(=O)C1([2H])[2H].[2H]c1c2c(c([2H])c(OC([2H])([2H])[2H])c1OC)C1N(CC2)CC([2H])(CC(C)C)C(=O)C1([2H])[2H]. The molecule has 141 heavy (non-hydrogen) atoms. The number of Topliss-reactive ketones (excluding diaryl/α,β-unsaturated/α-hetero) is 6. The van der Waals surface area contributed by atoms with E-state index in [1.54, 1.807) is 14.7 Å². The summed E-state index contributed by atoms with van der Waals surface area (Å²) in [6, 6.07) is -10.2. The molecule has 12 aliphatic rings. The molecule has 0 radical (unpaired) electrons. The third kappa shape index (κ3) is 25.6. The van der Waals surface area contributed by atoms with Gasteiger partial charge in [-0.3, -0.25) is 58.2 Å². The maximum Gasteiger partial charge on any atom is 0.161 e. The van der Waals surface area contributed by atoms with Crippen LogP contribution in [0.1, 0.15) is 378 Å². The Kier molecular flexibility index (Phi) is 17.5. The molecule has 15 unspecified atom stereocenters. The third-order valence-corrected chi connectivity index (χ3v) is 25.6. The first-order valence-electron chi connectivity index (χ1n) is 80.9. The predicted octanol–water partition coefficient (Wildman–Crippen LogP) is 20.6. The van der Waals surface area contributed by atoms with E-state index in [-0.39, 0.29) is 205 Å². The van der Waals surface area contributed by atoms with Gasteiger partial charge in [-0.2, -0.15) is 0 Å². The molecule has 6 aromatic carbocycles. The molecule has 12 aliphatic heterocycles. The summed E-state index contributed by atoms with van der Waals surface area (Å²) < 4.78 is 633. The minimum atomic E-state index is -4.58. The number of carbonyl (C=O) groups is 6. The summed E-state index contributed by atoms with van der Waals surface area (Å²) in [5.74, 6) is -33.2. The third-order valence-electron chi connectivity index (χ3n) is 25.6. The van der Waals surface area contributed by atoms with Crippen molar-refractivity contribution in [2.75, 3.05) is 163 Å². The molecule has 774 valence electrons. The molecule has 15 atom stereocenters. The normalized spacial score (nSPS) is 38.6. The smallest absolute Gasteiger partial charge is 0.161 e. The van der Waals surface area contributed by atoms with Gasteiger partial charge < -0.3 is 56.8 Å². The molecule has 24 nitrogen and oxygen atoms in total. The second-order valence-corrected chi connectivity index (χ2v) is 35.9. The van der Waals surface area contributed by atoms with E-state index in [0.717, 1.165) is 32.5 Å². The monoisotopic (exact) mass is 2020 g/mol. The van der Waals surface area contributed by atoms with Crippen LogP contribution in [0.5, 0.6) is 69.0 Å². The van der Waals surface area contributed by atoms with Gasteiger partial charge in [-0.15, -0.1) is 0 Å². The van der Waals surface area contributed by atoms with Crippen LogP contribution in [-0.2, 0) is 67.2 Å². The zero-order valence-electron chi connectivity index (χ0n) is 151. The minimum absolute atomic E-state index is 0.00188. The van der Waals surface area contributed by atoms with Crippen molar-refractivity contribution in [3.8, 4) is 69.0 Å². The van der Waals surface area contributed by atoms with E-state index in [4.69, 9.17) is 151 Å². The van der Waals surface area contributed by atoms with E-state index >= 15 is 0 Å². The fraction of sp³-hybridized carbons (Fsp3) is 0.641. The molecular formula is C117H168N6O18. The highest BCUT2D eigenvalue weighted by molar-refractivity contribution is 5.86. The van der Waals surface area contributed by atoms with Gasteiger partial charge in [-0.1, -0.05) is 102 Å². The van der Waals surface area contributed by atoms with Gasteiger partial charge in [0.2, 0.25) is 0 Å². The van der Waals surface area contributed by atoms with Crippen LogP contribution in [0.3, 0.4) is 0 Å². The zero-order valence-corrected chi connectivity index (χ0v) is 81.2. The van der Waals surface area contributed by atoms with Gasteiger partial charge in [0.15, 0.2) is 69.0 Å². The Balaban J connectivity index is 0.000000203. The van der Waals surface area contributed by atoms with Gasteiger partial charge in [0, 0.05) is 245 Å².